The van der Waals surface area contributed by atoms with E-state index in [1.165, 1.54) is 21.3 Å². The smallest absolute Gasteiger partial charge is 0.437 e. The van der Waals surface area contributed by atoms with Crippen molar-refractivity contribution in [3.8, 4) is 0 Å². The lowest BCUT2D eigenvalue weighted by Gasteiger charge is -2.36. The van der Waals surface area contributed by atoms with Gasteiger partial charge in [-0.25, -0.2) is 33.9 Å². The lowest BCUT2D eigenvalue weighted by molar-refractivity contribution is -0.153. The molecule has 2 aromatic heterocycles. The van der Waals surface area contributed by atoms with Gasteiger partial charge in [-0.2, -0.15) is 15.0 Å². The summed E-state index contributed by atoms with van der Waals surface area (Å²) in [6.07, 6.45) is -1.36. The summed E-state index contributed by atoms with van der Waals surface area (Å²) in [5.41, 5.74) is -5.22. The van der Waals surface area contributed by atoms with Gasteiger partial charge in [0.05, 0.1) is 25.3 Å². The minimum absolute atomic E-state index is 0.0420. The number of ether oxygens (including phenoxy) is 4. The molecule has 1 saturated carbocycles. The second-order valence-corrected chi connectivity index (χ2v) is 20.5. The number of thiazole rings is 1. The van der Waals surface area contributed by atoms with Gasteiger partial charge in [-0.1, -0.05) is 5.16 Å². The van der Waals surface area contributed by atoms with E-state index in [9.17, 15) is 38.7 Å². The number of nitrogens with zero attached hydrogens (tertiary/aromatic N) is 8. The number of carboxylic acid groups (broad SMARTS) is 1. The average Bonchev–Trinajstić information content (AvgIpc) is 3.61. The van der Waals surface area contributed by atoms with Gasteiger partial charge in [0.1, 0.15) is 39.8 Å². The maximum Gasteiger partial charge on any atom is 0.437 e. The van der Waals surface area contributed by atoms with Crippen molar-refractivity contribution >= 4 is 70.3 Å². The summed E-state index contributed by atoms with van der Waals surface area (Å²) in [6.45, 7) is 20.1. The molecule has 2 atom stereocenters. The highest BCUT2D eigenvalue weighted by Gasteiger charge is 2.55. The van der Waals surface area contributed by atoms with Gasteiger partial charge in [0.2, 0.25) is 17.5 Å². The molecule has 370 valence electrons. The van der Waals surface area contributed by atoms with Gasteiger partial charge in [-0.15, -0.1) is 16.3 Å². The fraction of sp³-hybridized carbons (Fsp3) is 0.659. The monoisotopic (exact) mass is 962 g/mol. The molecule has 1 aliphatic heterocycles. The lowest BCUT2D eigenvalue weighted by atomic mass is 9.98. The lowest BCUT2D eigenvalue weighted by Crippen LogP contribution is -2.70. The van der Waals surface area contributed by atoms with E-state index >= 15 is 0 Å². The maximum atomic E-state index is 13.8. The van der Waals surface area contributed by atoms with Crippen molar-refractivity contribution in [2.24, 2.45) is 10.1 Å². The number of nitrogens with one attached hydrogen (secondary N) is 4. The second kappa shape index (κ2) is 20.9. The molecule has 0 bridgehead atoms. The van der Waals surface area contributed by atoms with Crippen LogP contribution in [0.1, 0.15) is 114 Å². The fourth-order valence-corrected chi connectivity index (χ4v) is 6.31. The number of alkyl carbamates (subject to hydrolysis) is 1. The molecule has 0 spiro atoms. The summed E-state index contributed by atoms with van der Waals surface area (Å²) in [4.78, 5) is 108. The van der Waals surface area contributed by atoms with E-state index in [0.29, 0.717) is 5.69 Å². The highest BCUT2D eigenvalue weighted by Crippen LogP contribution is 2.40. The minimum atomic E-state index is -1.62. The van der Waals surface area contributed by atoms with E-state index in [1.54, 1.807) is 90.1 Å². The molecule has 1 saturated heterocycles. The summed E-state index contributed by atoms with van der Waals surface area (Å²) < 4.78 is 21.7. The molecular formula is C41H62N12O13S. The maximum absolute atomic E-state index is 13.8. The number of carbonyl (C=O) groups excluding carboxylic acids is 6. The van der Waals surface area contributed by atoms with Gasteiger partial charge in [-0.3, -0.25) is 14.9 Å². The molecule has 1 aliphatic carbocycles. The molecule has 6 amide bonds. The van der Waals surface area contributed by atoms with Gasteiger partial charge < -0.3 is 49.7 Å². The first-order chi connectivity index (χ1) is 30.8. The van der Waals surface area contributed by atoms with Gasteiger partial charge >= 0.3 is 30.3 Å². The Bertz CT molecular complexity index is 2230. The first-order valence-corrected chi connectivity index (χ1v) is 22.2. The third-order valence-corrected chi connectivity index (χ3v) is 9.38. The molecule has 2 fully saturated rings. The number of β-lactam (4-membered cyclic amide) rings is 1. The summed E-state index contributed by atoms with van der Waals surface area (Å²) in [7, 11) is 1.56. The van der Waals surface area contributed by atoms with Crippen molar-refractivity contribution in [3.63, 3.8) is 0 Å². The summed E-state index contributed by atoms with van der Waals surface area (Å²) in [5, 5.41) is 34.2. The number of oxime groups is 1. The van der Waals surface area contributed by atoms with Gasteiger partial charge in [0, 0.05) is 38.4 Å². The highest BCUT2D eigenvalue weighted by molar-refractivity contribution is 7.14. The zero-order valence-electron chi connectivity index (χ0n) is 40.1. The summed E-state index contributed by atoms with van der Waals surface area (Å²) in [6, 6.07) is -1.88. The van der Waals surface area contributed by atoms with Crippen molar-refractivity contribution in [1.82, 2.24) is 45.7 Å². The quantitative estimate of drug-likeness (QED) is 0.0421. The molecule has 0 unspecified atom stereocenters. The number of amides is 6. The number of aliphatic carboxylic acids is 1. The number of hydrogen-bond donors (Lipinski definition) is 5. The first-order valence-electron chi connectivity index (χ1n) is 21.3. The normalized spacial score (nSPS) is 17.2. The number of aromatic nitrogens is 4. The van der Waals surface area contributed by atoms with Crippen molar-refractivity contribution in [2.75, 3.05) is 25.5 Å². The van der Waals surface area contributed by atoms with E-state index in [2.05, 4.69) is 46.6 Å². The molecule has 26 heteroatoms. The molecule has 2 aliphatic rings. The summed E-state index contributed by atoms with van der Waals surface area (Å²) in [5.74, 6) is -2.90. The van der Waals surface area contributed by atoms with Crippen molar-refractivity contribution in [1.29, 1.82) is 0 Å². The van der Waals surface area contributed by atoms with E-state index in [4.69, 9.17) is 23.8 Å². The Kier molecular flexibility index (Phi) is 16.6. The van der Waals surface area contributed by atoms with Crippen molar-refractivity contribution in [2.45, 2.75) is 156 Å². The molecule has 67 heavy (non-hydrogen) atoms. The largest absolute Gasteiger partial charge is 0.478 e. The standard InChI is InChI=1S/C41H62N12O13S/c1-37(2,3)62-33(58)42-17-14-18-52(36(61)65-40(10,11)12)32(48-35(60)64-39(7,8)9)51(13)20-23-19-43-53(49-23)21-24-26(28(54)44-24)46-29(55)27(50-66-41(15-16-41)30(56)57)25-22-67-31(45-25)47-34(59)63-38(4,5)6/h19,22,24,26H,14-18,20-21H2,1-13H3,(H,42,58)(H,44,54)(H,46,55)(H,56,57)(H,45,47,59)/b48-32-,50-27?/t24-,26+/m1/s1. The molecule has 0 aromatic carbocycles. The molecule has 3 heterocycles. The summed E-state index contributed by atoms with van der Waals surface area (Å²) >= 11 is 0.938. The predicted octanol–water partition coefficient (Wildman–Crippen LogP) is 3.98. The van der Waals surface area contributed by atoms with E-state index in [1.807, 2.05) is 0 Å². The molecule has 2 aromatic rings. The van der Waals surface area contributed by atoms with Crippen molar-refractivity contribution in [3.05, 3.63) is 23.0 Å². The number of carboxylic acids is 1. The van der Waals surface area contributed by atoms with Crippen LogP contribution >= 0.6 is 11.3 Å². The van der Waals surface area contributed by atoms with Crippen molar-refractivity contribution < 1.29 is 62.5 Å². The van der Waals surface area contributed by atoms with E-state index < -0.39 is 88.0 Å². The molecule has 25 nitrogen and oxygen atoms in total. The molecule has 4 rings (SSSR count). The predicted molar refractivity (Wildman–Crippen MR) is 240 cm³/mol. The molecular weight excluding hydrogens is 901 g/mol. The topological polar surface area (TPSA) is 309 Å². The third kappa shape index (κ3) is 17.0. The van der Waals surface area contributed by atoms with Gasteiger partial charge in [0.15, 0.2) is 10.8 Å². The van der Waals surface area contributed by atoms with Gasteiger partial charge in [-0.05, 0) is 89.5 Å². The molecule has 0 radical (unpaired) electrons. The Hall–Kier alpha value is -6.60. The fourth-order valence-electron chi connectivity index (χ4n) is 5.63. The Morgan fingerprint density at radius 3 is 2.10 bits per heavy atom. The highest BCUT2D eigenvalue weighted by atomic mass is 32.1. The van der Waals surface area contributed by atoms with Crippen LogP contribution in [0.15, 0.2) is 21.7 Å². The third-order valence-electron chi connectivity index (χ3n) is 8.63. The number of hydrogen-bond acceptors (Lipinski definition) is 17. The van der Waals surface area contributed by atoms with Gasteiger partial charge in [0.25, 0.3) is 5.91 Å². The van der Waals surface area contributed by atoms with Crippen LogP contribution in [0.3, 0.4) is 0 Å². The van der Waals surface area contributed by atoms with Crippen LogP contribution < -0.4 is 21.3 Å². The Morgan fingerprint density at radius 1 is 0.925 bits per heavy atom. The Labute approximate surface area is 391 Å². The number of guanidine groups is 1. The Morgan fingerprint density at radius 2 is 1.54 bits per heavy atom. The zero-order chi connectivity index (χ0) is 50.3. The number of anilines is 1. The van der Waals surface area contributed by atoms with Crippen LogP contribution in [-0.4, -0.2) is 149 Å². The second-order valence-electron chi connectivity index (χ2n) is 19.6. The zero-order valence-corrected chi connectivity index (χ0v) is 40.9. The molecule has 5 N–H and O–H groups in total. The van der Waals surface area contributed by atoms with Crippen LogP contribution in [0.5, 0.6) is 0 Å². The van der Waals surface area contributed by atoms with Crippen LogP contribution in [0.4, 0.5) is 24.3 Å². The number of rotatable bonds is 15. The van der Waals surface area contributed by atoms with Crippen LogP contribution in [-0.2, 0) is 51.3 Å². The minimum Gasteiger partial charge on any atom is -0.478 e. The van der Waals surface area contributed by atoms with E-state index in [0.717, 1.165) is 16.2 Å². The van der Waals surface area contributed by atoms with Crippen LogP contribution in [0.2, 0.25) is 0 Å². The first kappa shape index (κ1) is 53.0. The average molecular weight is 963 g/mol. The Balaban J connectivity index is 1.51. The van der Waals surface area contributed by atoms with E-state index in [-0.39, 0.29) is 62.2 Å². The van der Waals surface area contributed by atoms with Crippen LogP contribution in [0.25, 0.3) is 0 Å². The number of carbonyl (C=O) groups is 7. The van der Waals surface area contributed by atoms with Crippen LogP contribution in [0, 0.1) is 0 Å². The number of aliphatic imine (C=N–C) groups is 1. The SMILES string of the molecule is CN(Cc1cnn(C[C@H]2NC(=O)[C@H]2NC(=O)C(=NOC2(C(=O)O)CC2)c2csc(NC(=O)OC(C)(C)C)n2)n1)/C(=N/C(=O)OC(C)(C)C)N(CCCNC(=O)OC(C)(C)C)C(=O)OC(C)(C)C.